The van der Waals surface area contributed by atoms with Crippen molar-refractivity contribution in [2.45, 2.75) is 30.7 Å². The summed E-state index contributed by atoms with van der Waals surface area (Å²) < 4.78 is 42.9. The van der Waals surface area contributed by atoms with Gasteiger partial charge in [-0.25, -0.2) is 17.9 Å². The molecule has 8 nitrogen and oxygen atoms in total. The van der Waals surface area contributed by atoms with Gasteiger partial charge in [0.15, 0.2) is 23.9 Å². The first-order valence-corrected chi connectivity index (χ1v) is 10.5. The van der Waals surface area contributed by atoms with E-state index in [0.29, 0.717) is 22.6 Å². The highest BCUT2D eigenvalue weighted by molar-refractivity contribution is 7.89. The SMILES string of the molecule is Cc1ccc(S(=O)(=O)NC2CC2)cc1C(=O)OCC(=O)c1ccc2c(c1)OCO2. The summed E-state index contributed by atoms with van der Waals surface area (Å²) in [4.78, 5) is 24.8. The molecule has 2 aromatic carbocycles. The minimum absolute atomic E-state index is 0.0101. The van der Waals surface area contributed by atoms with Crippen LogP contribution in [0.2, 0.25) is 0 Å². The number of nitrogens with one attached hydrogen (secondary N) is 1. The number of esters is 1. The van der Waals surface area contributed by atoms with Gasteiger partial charge in [0.05, 0.1) is 10.5 Å². The summed E-state index contributed by atoms with van der Waals surface area (Å²) in [7, 11) is -3.70. The summed E-state index contributed by atoms with van der Waals surface area (Å²) >= 11 is 0. The molecule has 1 N–H and O–H groups in total. The molecule has 0 aromatic heterocycles. The van der Waals surface area contributed by atoms with Crippen LogP contribution in [-0.2, 0) is 14.8 Å². The fourth-order valence-corrected chi connectivity index (χ4v) is 4.17. The topological polar surface area (TPSA) is 108 Å². The van der Waals surface area contributed by atoms with Crippen molar-refractivity contribution in [3.05, 3.63) is 53.1 Å². The molecule has 0 atom stereocenters. The van der Waals surface area contributed by atoms with Gasteiger partial charge in [-0.1, -0.05) is 6.07 Å². The van der Waals surface area contributed by atoms with Crippen LogP contribution in [0.1, 0.15) is 39.1 Å². The zero-order valence-corrected chi connectivity index (χ0v) is 16.5. The fourth-order valence-electron chi connectivity index (χ4n) is 2.84. The van der Waals surface area contributed by atoms with Crippen LogP contribution in [-0.4, -0.2) is 39.6 Å². The van der Waals surface area contributed by atoms with E-state index in [9.17, 15) is 18.0 Å². The van der Waals surface area contributed by atoms with Crippen molar-refractivity contribution >= 4 is 21.8 Å². The molecule has 0 spiro atoms. The maximum atomic E-state index is 12.5. The van der Waals surface area contributed by atoms with E-state index in [1.54, 1.807) is 19.1 Å². The van der Waals surface area contributed by atoms with E-state index in [0.717, 1.165) is 12.8 Å². The minimum Gasteiger partial charge on any atom is -0.454 e. The van der Waals surface area contributed by atoms with Gasteiger partial charge < -0.3 is 14.2 Å². The lowest BCUT2D eigenvalue weighted by Gasteiger charge is -2.10. The van der Waals surface area contributed by atoms with Crippen LogP contribution in [0.5, 0.6) is 11.5 Å². The van der Waals surface area contributed by atoms with Crippen LogP contribution in [0.3, 0.4) is 0 Å². The first-order chi connectivity index (χ1) is 13.8. The predicted octanol–water partition coefficient (Wildman–Crippen LogP) is 2.20. The summed E-state index contributed by atoms with van der Waals surface area (Å²) in [5.74, 6) is -0.167. The Kier molecular flexibility index (Phi) is 5.01. The molecule has 0 unspecified atom stereocenters. The second kappa shape index (κ2) is 7.49. The van der Waals surface area contributed by atoms with Gasteiger partial charge in [-0.2, -0.15) is 0 Å². The number of sulfonamides is 1. The summed E-state index contributed by atoms with van der Waals surface area (Å²) in [6.45, 7) is 1.28. The van der Waals surface area contributed by atoms with Crippen molar-refractivity contribution in [2.75, 3.05) is 13.4 Å². The number of ketones is 1. The van der Waals surface area contributed by atoms with Gasteiger partial charge in [0.25, 0.3) is 0 Å². The first kappa shape index (κ1) is 19.4. The van der Waals surface area contributed by atoms with Gasteiger partial charge in [0.2, 0.25) is 16.8 Å². The molecule has 1 saturated carbocycles. The summed E-state index contributed by atoms with van der Waals surface area (Å²) in [6.07, 6.45) is 1.62. The van der Waals surface area contributed by atoms with Gasteiger partial charge in [-0.3, -0.25) is 4.79 Å². The van der Waals surface area contributed by atoms with Gasteiger partial charge in [0, 0.05) is 11.6 Å². The Morgan fingerprint density at radius 3 is 2.62 bits per heavy atom. The highest BCUT2D eigenvalue weighted by atomic mass is 32.2. The maximum absolute atomic E-state index is 12.5. The van der Waals surface area contributed by atoms with E-state index in [-0.39, 0.29) is 23.3 Å². The molecule has 2 aliphatic rings. The number of fused-ring (bicyclic) bond motifs is 1. The molecule has 152 valence electrons. The number of carbonyl (C=O) groups is 2. The molecule has 29 heavy (non-hydrogen) atoms. The van der Waals surface area contributed by atoms with Crippen molar-refractivity contribution < 1.29 is 32.2 Å². The zero-order chi connectivity index (χ0) is 20.6. The number of ether oxygens (including phenoxy) is 3. The zero-order valence-electron chi connectivity index (χ0n) is 15.6. The van der Waals surface area contributed by atoms with E-state index in [1.807, 2.05) is 0 Å². The first-order valence-electron chi connectivity index (χ1n) is 9.06. The van der Waals surface area contributed by atoms with Crippen LogP contribution in [0.4, 0.5) is 0 Å². The van der Waals surface area contributed by atoms with E-state index in [1.165, 1.54) is 24.3 Å². The molecule has 0 bridgehead atoms. The third-order valence-corrected chi connectivity index (χ3v) is 6.19. The average molecular weight is 417 g/mol. The Labute approximate surface area is 167 Å². The molecule has 1 fully saturated rings. The predicted molar refractivity (Wildman–Crippen MR) is 102 cm³/mol. The molecule has 1 aliphatic heterocycles. The highest BCUT2D eigenvalue weighted by Crippen LogP contribution is 2.32. The lowest BCUT2D eigenvalue weighted by atomic mass is 10.1. The van der Waals surface area contributed by atoms with Crippen LogP contribution in [0.15, 0.2) is 41.3 Å². The summed E-state index contributed by atoms with van der Waals surface area (Å²) in [5.41, 5.74) is 0.974. The molecular formula is C20H19NO7S. The minimum atomic E-state index is -3.70. The number of aryl methyl sites for hydroxylation is 1. The van der Waals surface area contributed by atoms with E-state index >= 15 is 0 Å². The van der Waals surface area contributed by atoms with Gasteiger partial charge in [-0.05, 0) is 55.7 Å². The molecule has 0 radical (unpaired) electrons. The van der Waals surface area contributed by atoms with E-state index < -0.39 is 28.4 Å². The average Bonchev–Trinajstić information content (AvgIpc) is 3.37. The summed E-state index contributed by atoms with van der Waals surface area (Å²) in [5, 5.41) is 0. The van der Waals surface area contributed by atoms with Crippen molar-refractivity contribution in [3.8, 4) is 11.5 Å². The number of Topliss-reactive ketones (excluding diaryl/α,β-unsaturated/α-hetero) is 1. The van der Waals surface area contributed by atoms with Crippen LogP contribution in [0.25, 0.3) is 0 Å². The Morgan fingerprint density at radius 2 is 1.86 bits per heavy atom. The number of rotatable bonds is 7. The van der Waals surface area contributed by atoms with Crippen molar-refractivity contribution in [1.29, 1.82) is 0 Å². The number of carbonyl (C=O) groups excluding carboxylic acids is 2. The Bertz CT molecular complexity index is 1090. The lowest BCUT2D eigenvalue weighted by molar-refractivity contribution is 0.0473. The lowest BCUT2D eigenvalue weighted by Crippen LogP contribution is -2.26. The molecule has 1 aliphatic carbocycles. The summed E-state index contributed by atoms with van der Waals surface area (Å²) in [6, 6.07) is 8.91. The van der Waals surface area contributed by atoms with Crippen molar-refractivity contribution in [3.63, 3.8) is 0 Å². The van der Waals surface area contributed by atoms with Crippen LogP contribution >= 0.6 is 0 Å². The van der Waals surface area contributed by atoms with E-state index in [2.05, 4.69) is 4.72 Å². The maximum Gasteiger partial charge on any atom is 0.338 e. The second-order valence-corrected chi connectivity index (χ2v) is 8.65. The van der Waals surface area contributed by atoms with Gasteiger partial charge >= 0.3 is 5.97 Å². The van der Waals surface area contributed by atoms with Crippen LogP contribution in [0, 0.1) is 6.92 Å². The third-order valence-electron chi connectivity index (χ3n) is 4.67. The van der Waals surface area contributed by atoms with Crippen molar-refractivity contribution in [2.24, 2.45) is 0 Å². The number of hydrogen-bond acceptors (Lipinski definition) is 7. The molecule has 4 rings (SSSR count). The quantitative estimate of drug-likeness (QED) is 0.543. The third kappa shape index (κ3) is 4.25. The standard InChI is InChI=1S/C20H19NO7S/c1-12-2-6-15(29(24,25)21-14-4-5-14)9-16(12)20(23)26-10-17(22)13-3-7-18-19(8-13)28-11-27-18/h2-3,6-9,14,21H,4-5,10-11H2,1H3. The fraction of sp³-hybridized carbons (Fsp3) is 0.300. The molecule has 2 aromatic rings. The highest BCUT2D eigenvalue weighted by Gasteiger charge is 2.28. The Morgan fingerprint density at radius 1 is 1.10 bits per heavy atom. The Hall–Kier alpha value is -2.91. The van der Waals surface area contributed by atoms with Gasteiger partial charge in [-0.15, -0.1) is 0 Å². The number of benzene rings is 2. The number of hydrogen-bond donors (Lipinski definition) is 1. The monoisotopic (exact) mass is 417 g/mol. The second-order valence-electron chi connectivity index (χ2n) is 6.94. The molecule has 0 amide bonds. The molecule has 1 heterocycles. The largest absolute Gasteiger partial charge is 0.454 e. The smallest absolute Gasteiger partial charge is 0.338 e. The normalized spacial score (nSPS) is 15.2. The molecular weight excluding hydrogens is 398 g/mol. The molecule has 0 saturated heterocycles. The van der Waals surface area contributed by atoms with E-state index in [4.69, 9.17) is 14.2 Å². The van der Waals surface area contributed by atoms with Crippen molar-refractivity contribution in [1.82, 2.24) is 4.72 Å². The Balaban J connectivity index is 1.45. The van der Waals surface area contributed by atoms with Crippen LogP contribution < -0.4 is 14.2 Å². The molecule has 9 heteroatoms. The van der Waals surface area contributed by atoms with Gasteiger partial charge in [0.1, 0.15) is 0 Å².